The summed E-state index contributed by atoms with van der Waals surface area (Å²) in [4.78, 5) is 0. The maximum atomic E-state index is 5.54. The fourth-order valence-corrected chi connectivity index (χ4v) is 2.07. The molecule has 2 nitrogen and oxygen atoms in total. The van der Waals surface area contributed by atoms with Crippen LogP contribution >= 0.6 is 0 Å². The molecule has 0 aromatic rings. The van der Waals surface area contributed by atoms with Gasteiger partial charge in [-0.05, 0) is 46.5 Å². The van der Waals surface area contributed by atoms with E-state index in [1.54, 1.807) is 5.57 Å². The van der Waals surface area contributed by atoms with Crippen molar-refractivity contribution in [3.8, 4) is 0 Å². The van der Waals surface area contributed by atoms with Crippen molar-refractivity contribution in [2.45, 2.75) is 78.9 Å². The number of hydrogen-bond donors (Lipinski definition) is 0. The van der Waals surface area contributed by atoms with Gasteiger partial charge in [-0.15, -0.1) is 0 Å². The Hall–Kier alpha value is -0.340. The van der Waals surface area contributed by atoms with Gasteiger partial charge in [-0.3, -0.25) is 0 Å². The van der Waals surface area contributed by atoms with Crippen molar-refractivity contribution in [1.29, 1.82) is 0 Å². The zero-order valence-electron chi connectivity index (χ0n) is 12.8. The third-order valence-corrected chi connectivity index (χ3v) is 3.13. The van der Waals surface area contributed by atoms with E-state index in [9.17, 15) is 0 Å². The van der Waals surface area contributed by atoms with Crippen molar-refractivity contribution in [3.63, 3.8) is 0 Å². The average molecular weight is 256 g/mol. The van der Waals surface area contributed by atoms with E-state index in [4.69, 9.17) is 9.47 Å². The highest BCUT2D eigenvalue weighted by molar-refractivity contribution is 4.99. The summed E-state index contributed by atoms with van der Waals surface area (Å²) in [5.74, 6) is 0. The smallest absolute Gasteiger partial charge is 0.154 e. The van der Waals surface area contributed by atoms with Crippen molar-refractivity contribution in [3.05, 3.63) is 11.6 Å². The molecular formula is C16H32O2. The van der Waals surface area contributed by atoms with Gasteiger partial charge in [0.05, 0.1) is 0 Å². The molecule has 0 aliphatic carbocycles. The van der Waals surface area contributed by atoms with Gasteiger partial charge < -0.3 is 9.47 Å². The van der Waals surface area contributed by atoms with Crippen LogP contribution in [-0.2, 0) is 9.47 Å². The van der Waals surface area contributed by atoms with E-state index in [0.29, 0.717) is 0 Å². The Kier molecular flexibility index (Phi) is 12.9. The highest BCUT2D eigenvalue weighted by atomic mass is 16.7. The van der Waals surface area contributed by atoms with Crippen LogP contribution in [0.4, 0.5) is 0 Å². The molecule has 0 aromatic carbocycles. The molecule has 0 aliphatic rings. The second-order valence-electron chi connectivity index (χ2n) is 4.75. The molecule has 0 saturated heterocycles. The molecular weight excluding hydrogens is 224 g/mol. The molecule has 108 valence electrons. The van der Waals surface area contributed by atoms with Gasteiger partial charge in [0, 0.05) is 13.2 Å². The monoisotopic (exact) mass is 256 g/mol. The van der Waals surface area contributed by atoms with Crippen LogP contribution in [-0.4, -0.2) is 19.5 Å². The maximum Gasteiger partial charge on any atom is 0.154 e. The molecule has 0 spiro atoms. The molecule has 0 saturated carbocycles. The van der Waals surface area contributed by atoms with Gasteiger partial charge in [0.25, 0.3) is 0 Å². The minimum Gasteiger partial charge on any atom is -0.353 e. The normalized spacial score (nSPS) is 13.9. The summed E-state index contributed by atoms with van der Waals surface area (Å²) in [5.41, 5.74) is 1.62. The largest absolute Gasteiger partial charge is 0.353 e. The van der Waals surface area contributed by atoms with Crippen LogP contribution in [0.1, 0.15) is 72.6 Å². The standard InChI is InChI=1S/C16H32O2/c1-5-12-16(6-2)13-10-8-9-11-14-18-15(4)17-7-3/h6,15H,5,7-14H2,1-4H3/b16-6+. The first kappa shape index (κ1) is 17.7. The second kappa shape index (κ2) is 13.1. The van der Waals surface area contributed by atoms with Crippen LogP contribution in [0.3, 0.4) is 0 Å². The molecule has 1 unspecified atom stereocenters. The van der Waals surface area contributed by atoms with Crippen molar-refractivity contribution in [1.82, 2.24) is 0 Å². The number of allylic oxidation sites excluding steroid dienone is 2. The first-order valence-corrected chi connectivity index (χ1v) is 7.61. The predicted octanol–water partition coefficient (Wildman–Crippen LogP) is 5.08. The van der Waals surface area contributed by atoms with Gasteiger partial charge in [0.2, 0.25) is 0 Å². The molecule has 0 heterocycles. The molecule has 0 bridgehead atoms. The van der Waals surface area contributed by atoms with Crippen LogP contribution in [0.15, 0.2) is 11.6 Å². The van der Waals surface area contributed by atoms with E-state index in [2.05, 4.69) is 19.9 Å². The quantitative estimate of drug-likeness (QED) is 0.275. The van der Waals surface area contributed by atoms with Gasteiger partial charge in [-0.25, -0.2) is 0 Å². The van der Waals surface area contributed by atoms with Crippen molar-refractivity contribution < 1.29 is 9.47 Å². The molecule has 0 radical (unpaired) electrons. The van der Waals surface area contributed by atoms with Crippen molar-refractivity contribution in [2.24, 2.45) is 0 Å². The van der Waals surface area contributed by atoms with Gasteiger partial charge in [-0.2, -0.15) is 0 Å². The summed E-state index contributed by atoms with van der Waals surface area (Å²) in [5, 5.41) is 0. The Labute approximate surface area is 114 Å². The minimum absolute atomic E-state index is 0.0471. The molecule has 0 N–H and O–H groups in total. The fourth-order valence-electron chi connectivity index (χ4n) is 2.07. The SMILES string of the molecule is C/C=C(\CCC)CCCCCCOC(C)OCC. The Morgan fingerprint density at radius 2 is 1.72 bits per heavy atom. The zero-order chi connectivity index (χ0) is 13.6. The van der Waals surface area contributed by atoms with E-state index in [-0.39, 0.29) is 6.29 Å². The topological polar surface area (TPSA) is 18.5 Å². The maximum absolute atomic E-state index is 5.54. The summed E-state index contributed by atoms with van der Waals surface area (Å²) in [6.45, 7) is 9.92. The first-order chi connectivity index (χ1) is 8.74. The van der Waals surface area contributed by atoms with Gasteiger partial charge >= 0.3 is 0 Å². The Bertz CT molecular complexity index is 199. The van der Waals surface area contributed by atoms with Gasteiger partial charge in [0.15, 0.2) is 6.29 Å². The number of rotatable bonds is 12. The van der Waals surface area contributed by atoms with Crippen molar-refractivity contribution in [2.75, 3.05) is 13.2 Å². The lowest BCUT2D eigenvalue weighted by Gasteiger charge is -2.12. The van der Waals surface area contributed by atoms with E-state index >= 15 is 0 Å². The molecule has 0 aliphatic heterocycles. The van der Waals surface area contributed by atoms with Crippen LogP contribution in [0.2, 0.25) is 0 Å². The van der Waals surface area contributed by atoms with Crippen LogP contribution in [0.25, 0.3) is 0 Å². The zero-order valence-corrected chi connectivity index (χ0v) is 12.8. The molecule has 0 amide bonds. The number of ether oxygens (including phenoxy) is 2. The second-order valence-corrected chi connectivity index (χ2v) is 4.75. The highest BCUT2D eigenvalue weighted by Gasteiger charge is 2.00. The average Bonchev–Trinajstić information content (AvgIpc) is 2.36. The van der Waals surface area contributed by atoms with E-state index in [1.165, 1.54) is 38.5 Å². The van der Waals surface area contributed by atoms with Gasteiger partial charge in [-0.1, -0.05) is 37.8 Å². The summed E-state index contributed by atoms with van der Waals surface area (Å²) >= 11 is 0. The summed E-state index contributed by atoms with van der Waals surface area (Å²) < 4.78 is 10.8. The number of hydrogen-bond acceptors (Lipinski definition) is 2. The lowest BCUT2D eigenvalue weighted by Crippen LogP contribution is -2.13. The predicted molar refractivity (Wildman–Crippen MR) is 78.8 cm³/mol. The van der Waals surface area contributed by atoms with Gasteiger partial charge in [0.1, 0.15) is 0 Å². The Balaban J connectivity index is 3.30. The molecule has 2 heteroatoms. The third-order valence-electron chi connectivity index (χ3n) is 3.13. The molecule has 0 rings (SSSR count). The third kappa shape index (κ3) is 10.8. The lowest BCUT2D eigenvalue weighted by molar-refractivity contribution is -0.127. The van der Waals surface area contributed by atoms with Crippen LogP contribution in [0, 0.1) is 0 Å². The van der Waals surface area contributed by atoms with E-state index in [0.717, 1.165) is 19.6 Å². The minimum atomic E-state index is -0.0471. The Morgan fingerprint density at radius 1 is 1.00 bits per heavy atom. The highest BCUT2D eigenvalue weighted by Crippen LogP contribution is 2.14. The van der Waals surface area contributed by atoms with E-state index in [1.807, 2.05) is 13.8 Å². The van der Waals surface area contributed by atoms with Crippen molar-refractivity contribution >= 4 is 0 Å². The fraction of sp³-hybridized carbons (Fsp3) is 0.875. The summed E-state index contributed by atoms with van der Waals surface area (Å²) in [6.07, 6.45) is 11.1. The molecule has 1 atom stereocenters. The summed E-state index contributed by atoms with van der Waals surface area (Å²) in [7, 11) is 0. The van der Waals surface area contributed by atoms with E-state index < -0.39 is 0 Å². The summed E-state index contributed by atoms with van der Waals surface area (Å²) in [6, 6.07) is 0. The van der Waals surface area contributed by atoms with Crippen LogP contribution < -0.4 is 0 Å². The number of unbranched alkanes of at least 4 members (excludes halogenated alkanes) is 3. The molecule has 0 fully saturated rings. The lowest BCUT2D eigenvalue weighted by atomic mass is 10.0. The van der Waals surface area contributed by atoms with Crippen LogP contribution in [0.5, 0.6) is 0 Å². The first-order valence-electron chi connectivity index (χ1n) is 7.61. The Morgan fingerprint density at radius 3 is 2.33 bits per heavy atom. The molecule has 0 aromatic heterocycles. The molecule has 18 heavy (non-hydrogen) atoms.